The van der Waals surface area contributed by atoms with E-state index in [0.717, 1.165) is 12.8 Å². The van der Waals surface area contributed by atoms with Gasteiger partial charge in [-0.25, -0.2) is 8.42 Å². The molecule has 1 fully saturated rings. The molecule has 1 aliphatic heterocycles. The molecule has 1 saturated heterocycles. The molecule has 1 amide bonds. The standard InChI is InChI=1S/C18H20N2O4S/c1-24-17-11-10-14(13-16(17)20-12-6-5-9-18(20)21)19-25(22,23)15-7-3-2-4-8-15/h2-4,7-8,10-11,13,19H,5-6,9,12H2,1H3. The van der Waals surface area contributed by atoms with Crippen LogP contribution in [0.2, 0.25) is 0 Å². The van der Waals surface area contributed by atoms with Crippen LogP contribution in [0.15, 0.2) is 53.4 Å². The molecule has 0 radical (unpaired) electrons. The molecule has 1 heterocycles. The number of sulfonamides is 1. The van der Waals surface area contributed by atoms with Crippen LogP contribution in [-0.4, -0.2) is 28.0 Å². The molecule has 0 spiro atoms. The van der Waals surface area contributed by atoms with Gasteiger partial charge in [0.05, 0.1) is 23.4 Å². The molecule has 1 N–H and O–H groups in total. The van der Waals surface area contributed by atoms with Crippen molar-refractivity contribution in [2.75, 3.05) is 23.3 Å². The van der Waals surface area contributed by atoms with Crippen LogP contribution in [0.5, 0.6) is 5.75 Å². The lowest BCUT2D eigenvalue weighted by atomic mass is 10.1. The van der Waals surface area contributed by atoms with Crippen molar-refractivity contribution in [3.05, 3.63) is 48.5 Å². The van der Waals surface area contributed by atoms with Gasteiger partial charge in [-0.1, -0.05) is 18.2 Å². The molecule has 7 heteroatoms. The van der Waals surface area contributed by atoms with Gasteiger partial charge in [0.1, 0.15) is 5.75 Å². The summed E-state index contributed by atoms with van der Waals surface area (Å²) in [4.78, 5) is 14.0. The lowest BCUT2D eigenvalue weighted by molar-refractivity contribution is -0.119. The van der Waals surface area contributed by atoms with Crippen molar-refractivity contribution in [2.45, 2.75) is 24.2 Å². The molecule has 1 aliphatic rings. The van der Waals surface area contributed by atoms with Crippen LogP contribution in [0.25, 0.3) is 0 Å². The van der Waals surface area contributed by atoms with Crippen molar-refractivity contribution in [2.24, 2.45) is 0 Å². The molecule has 3 rings (SSSR count). The predicted molar refractivity (Wildman–Crippen MR) is 96.4 cm³/mol. The third-order valence-corrected chi connectivity index (χ3v) is 5.50. The number of benzene rings is 2. The first kappa shape index (κ1) is 17.3. The number of methoxy groups -OCH3 is 1. The molecular weight excluding hydrogens is 340 g/mol. The minimum atomic E-state index is -3.69. The highest BCUT2D eigenvalue weighted by molar-refractivity contribution is 7.92. The maximum atomic E-state index is 12.5. The molecule has 0 bridgehead atoms. The number of nitrogens with zero attached hydrogens (tertiary/aromatic N) is 1. The van der Waals surface area contributed by atoms with Gasteiger partial charge < -0.3 is 9.64 Å². The summed E-state index contributed by atoms with van der Waals surface area (Å²) in [6.07, 6.45) is 2.27. The second-order valence-electron chi connectivity index (χ2n) is 5.81. The van der Waals surface area contributed by atoms with E-state index < -0.39 is 10.0 Å². The Kier molecular flexibility index (Phi) is 4.94. The number of anilines is 2. The van der Waals surface area contributed by atoms with Crippen LogP contribution in [0.3, 0.4) is 0 Å². The number of hydrogen-bond donors (Lipinski definition) is 1. The molecule has 0 aliphatic carbocycles. The second kappa shape index (κ2) is 7.14. The summed E-state index contributed by atoms with van der Waals surface area (Å²) in [5, 5.41) is 0. The summed E-state index contributed by atoms with van der Waals surface area (Å²) < 4.78 is 32.9. The van der Waals surface area contributed by atoms with Gasteiger partial charge in [-0.3, -0.25) is 9.52 Å². The molecule has 0 saturated carbocycles. The van der Waals surface area contributed by atoms with Gasteiger partial charge in [0.25, 0.3) is 10.0 Å². The maximum absolute atomic E-state index is 12.5. The highest BCUT2D eigenvalue weighted by atomic mass is 32.2. The largest absolute Gasteiger partial charge is 0.495 e. The van der Waals surface area contributed by atoms with Gasteiger partial charge in [0.15, 0.2) is 0 Å². The second-order valence-corrected chi connectivity index (χ2v) is 7.49. The molecule has 0 atom stereocenters. The number of rotatable bonds is 5. The lowest BCUT2D eigenvalue weighted by Gasteiger charge is -2.28. The van der Waals surface area contributed by atoms with E-state index >= 15 is 0 Å². The summed E-state index contributed by atoms with van der Waals surface area (Å²) in [6, 6.07) is 13.1. The Bertz CT molecular complexity index is 866. The van der Waals surface area contributed by atoms with Crippen LogP contribution in [0.1, 0.15) is 19.3 Å². The monoisotopic (exact) mass is 360 g/mol. The van der Waals surface area contributed by atoms with E-state index in [2.05, 4.69) is 4.72 Å². The summed E-state index contributed by atoms with van der Waals surface area (Å²) >= 11 is 0. The maximum Gasteiger partial charge on any atom is 0.261 e. The van der Waals surface area contributed by atoms with Gasteiger partial charge >= 0.3 is 0 Å². The van der Waals surface area contributed by atoms with Gasteiger partial charge in [-0.15, -0.1) is 0 Å². The lowest BCUT2D eigenvalue weighted by Crippen LogP contribution is -2.35. The SMILES string of the molecule is COc1ccc(NS(=O)(=O)c2ccccc2)cc1N1CCCCC1=O. The van der Waals surface area contributed by atoms with E-state index in [1.807, 2.05) is 0 Å². The van der Waals surface area contributed by atoms with Gasteiger partial charge in [0, 0.05) is 13.0 Å². The van der Waals surface area contributed by atoms with E-state index in [-0.39, 0.29) is 10.8 Å². The Balaban J connectivity index is 1.93. The van der Waals surface area contributed by atoms with E-state index in [0.29, 0.717) is 30.1 Å². The number of nitrogens with one attached hydrogen (secondary N) is 1. The zero-order valence-electron chi connectivity index (χ0n) is 13.9. The first-order valence-corrected chi connectivity index (χ1v) is 9.56. The van der Waals surface area contributed by atoms with Crippen molar-refractivity contribution in [3.8, 4) is 5.75 Å². The topological polar surface area (TPSA) is 75.7 Å². The average molecular weight is 360 g/mol. The highest BCUT2D eigenvalue weighted by Crippen LogP contribution is 2.34. The average Bonchev–Trinajstić information content (AvgIpc) is 2.62. The molecular formula is C18H20N2O4S. The van der Waals surface area contributed by atoms with Crippen LogP contribution >= 0.6 is 0 Å². The normalized spacial score (nSPS) is 15.1. The number of hydrogen-bond acceptors (Lipinski definition) is 4. The summed E-state index contributed by atoms with van der Waals surface area (Å²) in [5.74, 6) is 0.561. The quantitative estimate of drug-likeness (QED) is 0.889. The van der Waals surface area contributed by atoms with E-state index in [1.165, 1.54) is 19.2 Å². The zero-order valence-corrected chi connectivity index (χ0v) is 14.8. The van der Waals surface area contributed by atoms with Gasteiger partial charge in [-0.05, 0) is 43.2 Å². The van der Waals surface area contributed by atoms with Crippen LogP contribution in [0, 0.1) is 0 Å². The van der Waals surface area contributed by atoms with Gasteiger partial charge in [0.2, 0.25) is 5.91 Å². The molecule has 2 aromatic rings. The third kappa shape index (κ3) is 3.76. The molecule has 0 unspecified atom stereocenters. The van der Waals surface area contributed by atoms with Crippen LogP contribution in [-0.2, 0) is 14.8 Å². The van der Waals surface area contributed by atoms with Crippen molar-refractivity contribution in [3.63, 3.8) is 0 Å². The van der Waals surface area contributed by atoms with Crippen LogP contribution < -0.4 is 14.4 Å². The third-order valence-electron chi connectivity index (χ3n) is 4.10. The van der Waals surface area contributed by atoms with Crippen molar-refractivity contribution in [1.82, 2.24) is 0 Å². The molecule has 2 aromatic carbocycles. The Morgan fingerprint density at radius 3 is 2.52 bits per heavy atom. The van der Waals surface area contributed by atoms with Crippen LogP contribution in [0.4, 0.5) is 11.4 Å². The molecule has 0 aromatic heterocycles. The number of carbonyl (C=O) groups is 1. The fraction of sp³-hybridized carbons (Fsp3) is 0.278. The minimum absolute atomic E-state index is 0.0209. The predicted octanol–water partition coefficient (Wildman–Crippen LogP) is 3.01. The first-order chi connectivity index (χ1) is 12.0. The smallest absolute Gasteiger partial charge is 0.261 e. The minimum Gasteiger partial charge on any atom is -0.495 e. The molecule has 132 valence electrons. The molecule has 25 heavy (non-hydrogen) atoms. The van der Waals surface area contributed by atoms with Crippen molar-refractivity contribution >= 4 is 27.3 Å². The summed E-state index contributed by atoms with van der Waals surface area (Å²) in [7, 11) is -2.16. The number of amides is 1. The van der Waals surface area contributed by atoms with E-state index in [9.17, 15) is 13.2 Å². The van der Waals surface area contributed by atoms with E-state index in [4.69, 9.17) is 4.74 Å². The fourth-order valence-corrected chi connectivity index (χ4v) is 3.91. The Labute approximate surface area is 147 Å². The summed E-state index contributed by atoms with van der Waals surface area (Å²) in [6.45, 7) is 0.601. The molecule has 6 nitrogen and oxygen atoms in total. The Hall–Kier alpha value is -2.54. The zero-order chi connectivity index (χ0) is 17.9. The first-order valence-electron chi connectivity index (χ1n) is 8.07. The fourth-order valence-electron chi connectivity index (χ4n) is 2.84. The number of piperidine rings is 1. The number of ether oxygens (including phenoxy) is 1. The highest BCUT2D eigenvalue weighted by Gasteiger charge is 2.23. The van der Waals surface area contributed by atoms with Crippen molar-refractivity contribution < 1.29 is 17.9 Å². The number of carbonyl (C=O) groups excluding carboxylic acids is 1. The Morgan fingerprint density at radius 2 is 1.84 bits per heavy atom. The summed E-state index contributed by atoms with van der Waals surface area (Å²) in [5.41, 5.74) is 0.971. The Morgan fingerprint density at radius 1 is 1.08 bits per heavy atom. The van der Waals surface area contributed by atoms with Crippen molar-refractivity contribution in [1.29, 1.82) is 0 Å². The van der Waals surface area contributed by atoms with E-state index in [1.54, 1.807) is 41.3 Å². The van der Waals surface area contributed by atoms with Gasteiger partial charge in [-0.2, -0.15) is 0 Å².